The Balaban J connectivity index is 1.84. The van der Waals surface area contributed by atoms with Crippen LogP contribution in [0.4, 0.5) is 0 Å². The summed E-state index contributed by atoms with van der Waals surface area (Å²) in [6, 6.07) is 1.83. The second-order valence-electron chi connectivity index (χ2n) is 10.7. The number of rotatable bonds is 2. The number of phenols is 1. The zero-order chi connectivity index (χ0) is 21.2. The summed E-state index contributed by atoms with van der Waals surface area (Å²) in [6.07, 6.45) is 8.89. The van der Waals surface area contributed by atoms with Gasteiger partial charge in [-0.05, 0) is 54.4 Å². The van der Waals surface area contributed by atoms with Gasteiger partial charge in [0.25, 0.3) is 0 Å². The Hall–Kier alpha value is -1.97. The first-order valence-corrected chi connectivity index (χ1v) is 10.9. The number of benzene rings is 1. The summed E-state index contributed by atoms with van der Waals surface area (Å²) in [5.74, 6) is 1.08. The second-order valence-corrected chi connectivity index (χ2v) is 10.7. The number of aldehydes is 1. The predicted molar refractivity (Wildman–Crippen MR) is 114 cm³/mol. The summed E-state index contributed by atoms with van der Waals surface area (Å²) in [6.45, 7) is 13.1. The standard InChI is InChI=1S/C25H34O4/c1-15-8-9-20-23(2,3)10-7-11-25(20,6)18(15)12-16-13-19-22(17(14-26)21(16)27)29-24(4,5)28-19/h12-15,20,27H,7-11H2,1-6H3/b18-12+/t15-,20+,25?/m1/s1. The monoisotopic (exact) mass is 398 g/mol. The molecule has 0 bridgehead atoms. The van der Waals surface area contributed by atoms with E-state index in [0.29, 0.717) is 40.6 Å². The van der Waals surface area contributed by atoms with Gasteiger partial charge in [-0.25, -0.2) is 0 Å². The van der Waals surface area contributed by atoms with Gasteiger partial charge in [0.05, 0.1) is 0 Å². The first kappa shape index (κ1) is 20.3. The molecular weight excluding hydrogens is 364 g/mol. The fraction of sp³-hybridized carbons (Fsp3) is 0.640. The average molecular weight is 399 g/mol. The molecule has 2 saturated carbocycles. The van der Waals surface area contributed by atoms with Crippen molar-refractivity contribution in [3.63, 3.8) is 0 Å². The quantitative estimate of drug-likeness (QED) is 0.589. The van der Waals surface area contributed by atoms with Crippen molar-refractivity contribution in [2.24, 2.45) is 22.7 Å². The summed E-state index contributed by atoms with van der Waals surface area (Å²) < 4.78 is 11.7. The molecule has 158 valence electrons. The van der Waals surface area contributed by atoms with Crippen molar-refractivity contribution in [2.45, 2.75) is 79.4 Å². The Morgan fingerprint density at radius 3 is 2.52 bits per heavy atom. The third kappa shape index (κ3) is 3.15. The van der Waals surface area contributed by atoms with Gasteiger partial charge in [-0.1, -0.05) is 45.8 Å². The number of allylic oxidation sites excluding steroid dienone is 1. The van der Waals surface area contributed by atoms with Gasteiger partial charge in [0, 0.05) is 19.4 Å². The summed E-state index contributed by atoms with van der Waals surface area (Å²) in [5, 5.41) is 10.9. The molecule has 1 heterocycles. The van der Waals surface area contributed by atoms with Gasteiger partial charge in [0.1, 0.15) is 11.3 Å². The van der Waals surface area contributed by atoms with Crippen LogP contribution in [-0.2, 0) is 0 Å². The van der Waals surface area contributed by atoms with E-state index in [4.69, 9.17) is 9.47 Å². The fourth-order valence-electron chi connectivity index (χ4n) is 6.39. The maximum absolute atomic E-state index is 11.8. The molecule has 29 heavy (non-hydrogen) atoms. The molecule has 1 aromatic rings. The van der Waals surface area contributed by atoms with Crippen LogP contribution in [0.5, 0.6) is 17.2 Å². The van der Waals surface area contributed by atoms with Gasteiger partial charge in [-0.2, -0.15) is 0 Å². The lowest BCUT2D eigenvalue weighted by molar-refractivity contribution is -0.0433. The molecule has 0 amide bonds. The van der Waals surface area contributed by atoms with Crippen molar-refractivity contribution in [1.82, 2.24) is 0 Å². The van der Waals surface area contributed by atoms with Crippen LogP contribution in [0.3, 0.4) is 0 Å². The predicted octanol–water partition coefficient (Wildman–Crippen LogP) is 6.36. The highest BCUT2D eigenvalue weighted by atomic mass is 16.7. The molecule has 4 rings (SSSR count). The molecule has 0 radical (unpaired) electrons. The number of phenolic OH excluding ortho intramolecular Hbond substituents is 1. The number of hydrogen-bond donors (Lipinski definition) is 1. The van der Waals surface area contributed by atoms with Crippen LogP contribution in [0, 0.1) is 22.7 Å². The van der Waals surface area contributed by atoms with Crippen LogP contribution in [-0.4, -0.2) is 17.2 Å². The van der Waals surface area contributed by atoms with E-state index in [0.717, 1.165) is 6.42 Å². The summed E-state index contributed by atoms with van der Waals surface area (Å²) in [7, 11) is 0. The smallest absolute Gasteiger partial charge is 0.246 e. The fourth-order valence-corrected chi connectivity index (χ4v) is 6.39. The number of carbonyl (C=O) groups is 1. The molecular formula is C25H34O4. The van der Waals surface area contributed by atoms with Gasteiger partial charge in [0.2, 0.25) is 5.79 Å². The first-order valence-electron chi connectivity index (χ1n) is 10.9. The minimum absolute atomic E-state index is 0.0134. The normalized spacial score (nSPS) is 33.4. The Labute approximate surface area is 174 Å². The average Bonchev–Trinajstić information content (AvgIpc) is 2.91. The van der Waals surface area contributed by atoms with Gasteiger partial charge in [-0.15, -0.1) is 0 Å². The molecule has 2 fully saturated rings. The van der Waals surface area contributed by atoms with Gasteiger partial charge >= 0.3 is 0 Å². The zero-order valence-electron chi connectivity index (χ0n) is 18.6. The third-order valence-corrected chi connectivity index (χ3v) is 7.72. The summed E-state index contributed by atoms with van der Waals surface area (Å²) >= 11 is 0. The minimum atomic E-state index is -0.846. The number of carbonyl (C=O) groups excluding carboxylic acids is 1. The molecule has 0 spiro atoms. The van der Waals surface area contributed by atoms with Gasteiger partial charge in [0.15, 0.2) is 17.8 Å². The molecule has 4 heteroatoms. The zero-order valence-corrected chi connectivity index (χ0v) is 18.6. The van der Waals surface area contributed by atoms with Crippen molar-refractivity contribution in [2.75, 3.05) is 0 Å². The summed E-state index contributed by atoms with van der Waals surface area (Å²) in [4.78, 5) is 11.8. The largest absolute Gasteiger partial charge is 0.506 e. The third-order valence-electron chi connectivity index (χ3n) is 7.72. The van der Waals surface area contributed by atoms with Crippen LogP contribution < -0.4 is 9.47 Å². The SMILES string of the molecule is C[C@@H]1CC[C@H]2C(C)(C)CCCC2(C)/C1=C/c1cc2c(c(C=O)c1O)OC(C)(C)O2. The second kappa shape index (κ2) is 6.52. The van der Waals surface area contributed by atoms with E-state index in [2.05, 4.69) is 33.8 Å². The maximum Gasteiger partial charge on any atom is 0.246 e. The Bertz CT molecular complexity index is 879. The van der Waals surface area contributed by atoms with E-state index in [9.17, 15) is 9.90 Å². The van der Waals surface area contributed by atoms with Crippen molar-refractivity contribution in [3.05, 3.63) is 22.8 Å². The number of aromatic hydroxyl groups is 1. The number of fused-ring (bicyclic) bond motifs is 2. The Morgan fingerprint density at radius 1 is 1.10 bits per heavy atom. The van der Waals surface area contributed by atoms with Crippen LogP contribution in [0.15, 0.2) is 11.6 Å². The van der Waals surface area contributed by atoms with Gasteiger partial charge < -0.3 is 14.6 Å². The minimum Gasteiger partial charge on any atom is -0.506 e. The highest BCUT2D eigenvalue weighted by Crippen LogP contribution is 2.61. The van der Waals surface area contributed by atoms with E-state index in [1.165, 1.54) is 31.3 Å². The Kier molecular flexibility index (Phi) is 4.56. The van der Waals surface area contributed by atoms with Crippen molar-refractivity contribution in [3.8, 4) is 17.2 Å². The molecule has 1 unspecified atom stereocenters. The number of hydrogen-bond acceptors (Lipinski definition) is 4. The lowest BCUT2D eigenvalue weighted by Gasteiger charge is -2.56. The van der Waals surface area contributed by atoms with Crippen LogP contribution in [0.25, 0.3) is 6.08 Å². The van der Waals surface area contributed by atoms with E-state index < -0.39 is 5.79 Å². The Morgan fingerprint density at radius 2 is 1.83 bits per heavy atom. The van der Waals surface area contributed by atoms with Crippen LogP contribution >= 0.6 is 0 Å². The molecule has 0 aromatic heterocycles. The highest BCUT2D eigenvalue weighted by Gasteiger charge is 2.51. The van der Waals surface area contributed by atoms with E-state index in [-0.39, 0.29) is 16.7 Å². The molecule has 2 aliphatic carbocycles. The van der Waals surface area contributed by atoms with E-state index >= 15 is 0 Å². The van der Waals surface area contributed by atoms with Crippen LogP contribution in [0.2, 0.25) is 0 Å². The molecule has 0 saturated heterocycles. The molecule has 1 N–H and O–H groups in total. The molecule has 4 nitrogen and oxygen atoms in total. The lowest BCUT2D eigenvalue weighted by Crippen LogP contribution is -2.47. The molecule has 1 aliphatic heterocycles. The number of ether oxygens (including phenoxy) is 2. The van der Waals surface area contributed by atoms with Crippen molar-refractivity contribution < 1.29 is 19.4 Å². The first-order chi connectivity index (χ1) is 13.5. The molecule has 3 atom stereocenters. The van der Waals surface area contributed by atoms with E-state index in [1.807, 2.05) is 6.07 Å². The van der Waals surface area contributed by atoms with Crippen molar-refractivity contribution >= 4 is 12.4 Å². The van der Waals surface area contributed by atoms with E-state index in [1.54, 1.807) is 13.8 Å². The van der Waals surface area contributed by atoms with Gasteiger partial charge in [-0.3, -0.25) is 4.79 Å². The lowest BCUT2D eigenvalue weighted by atomic mass is 9.48. The van der Waals surface area contributed by atoms with Crippen LogP contribution in [0.1, 0.15) is 89.6 Å². The molecule has 1 aromatic carbocycles. The molecule has 3 aliphatic rings. The topological polar surface area (TPSA) is 55.8 Å². The van der Waals surface area contributed by atoms with Crippen molar-refractivity contribution in [1.29, 1.82) is 0 Å². The highest BCUT2D eigenvalue weighted by molar-refractivity contribution is 5.89. The summed E-state index contributed by atoms with van der Waals surface area (Å²) in [5.41, 5.74) is 2.66. The maximum atomic E-state index is 11.8.